The summed E-state index contributed by atoms with van der Waals surface area (Å²) in [7, 11) is 0. The van der Waals surface area contributed by atoms with Crippen LogP contribution in [0.25, 0.3) is 0 Å². The van der Waals surface area contributed by atoms with Gasteiger partial charge < -0.3 is 10.4 Å². The van der Waals surface area contributed by atoms with Crippen LogP contribution >= 0.6 is 23.2 Å². The third kappa shape index (κ3) is 2.83. The van der Waals surface area contributed by atoms with Crippen molar-refractivity contribution in [3.8, 4) is 5.75 Å². The molecule has 2 rings (SSSR count). The van der Waals surface area contributed by atoms with Gasteiger partial charge in [-0.3, -0.25) is 4.79 Å². The van der Waals surface area contributed by atoms with Crippen LogP contribution in [0.2, 0.25) is 10.0 Å². The highest BCUT2D eigenvalue weighted by molar-refractivity contribution is 6.40. The number of phenols is 1. The number of amides is 1. The van der Waals surface area contributed by atoms with Crippen molar-refractivity contribution in [3.63, 3.8) is 0 Å². The summed E-state index contributed by atoms with van der Waals surface area (Å²) in [5, 5.41) is 13.0. The number of rotatable bonds is 2. The largest absolute Gasteiger partial charge is 0.508 e. The Morgan fingerprint density at radius 1 is 1.11 bits per heavy atom. The molecule has 2 aromatic rings. The lowest BCUT2D eigenvalue weighted by molar-refractivity contribution is 0.102. The van der Waals surface area contributed by atoms with Gasteiger partial charge in [0.05, 0.1) is 15.7 Å². The van der Waals surface area contributed by atoms with E-state index in [2.05, 4.69) is 5.32 Å². The van der Waals surface area contributed by atoms with Crippen molar-refractivity contribution < 1.29 is 9.90 Å². The molecule has 0 saturated heterocycles. The van der Waals surface area contributed by atoms with Crippen molar-refractivity contribution in [2.24, 2.45) is 0 Å². The second kappa shape index (κ2) is 5.51. The average molecular weight is 296 g/mol. The molecule has 3 nitrogen and oxygen atoms in total. The molecule has 0 heterocycles. The van der Waals surface area contributed by atoms with Crippen LogP contribution in [0.1, 0.15) is 15.9 Å². The molecule has 0 aliphatic carbocycles. The Morgan fingerprint density at radius 2 is 1.68 bits per heavy atom. The van der Waals surface area contributed by atoms with Gasteiger partial charge in [0.25, 0.3) is 5.91 Å². The van der Waals surface area contributed by atoms with Crippen LogP contribution in [0, 0.1) is 6.92 Å². The quantitative estimate of drug-likeness (QED) is 0.870. The fraction of sp³-hybridized carbons (Fsp3) is 0.0714. The minimum Gasteiger partial charge on any atom is -0.508 e. The second-order valence-electron chi connectivity index (χ2n) is 4.00. The summed E-state index contributed by atoms with van der Waals surface area (Å²) >= 11 is 12.0. The zero-order chi connectivity index (χ0) is 14.0. The van der Waals surface area contributed by atoms with Crippen molar-refractivity contribution in [1.82, 2.24) is 0 Å². The molecule has 0 aliphatic rings. The Balaban J connectivity index is 2.34. The van der Waals surface area contributed by atoms with E-state index in [1.54, 1.807) is 37.3 Å². The summed E-state index contributed by atoms with van der Waals surface area (Å²) in [5.74, 6) is -0.304. The molecule has 5 heteroatoms. The van der Waals surface area contributed by atoms with Crippen molar-refractivity contribution >= 4 is 34.8 Å². The molecule has 0 bridgehead atoms. The first-order valence-corrected chi connectivity index (χ1v) is 6.30. The third-order valence-electron chi connectivity index (χ3n) is 2.75. The Bertz CT molecular complexity index is 621. The van der Waals surface area contributed by atoms with Crippen LogP contribution in [-0.2, 0) is 0 Å². The van der Waals surface area contributed by atoms with Crippen molar-refractivity contribution in [2.45, 2.75) is 6.92 Å². The van der Waals surface area contributed by atoms with E-state index in [1.165, 1.54) is 6.07 Å². The van der Waals surface area contributed by atoms with Gasteiger partial charge in [-0.2, -0.15) is 0 Å². The Morgan fingerprint density at radius 3 is 2.32 bits per heavy atom. The minimum atomic E-state index is -0.372. The van der Waals surface area contributed by atoms with E-state index in [9.17, 15) is 9.90 Å². The summed E-state index contributed by atoms with van der Waals surface area (Å²) < 4.78 is 0. The first-order chi connectivity index (χ1) is 9.00. The average Bonchev–Trinajstić information content (AvgIpc) is 2.37. The molecular formula is C14H11Cl2NO2. The number of para-hydroxylation sites is 1. The van der Waals surface area contributed by atoms with Crippen molar-refractivity contribution in [1.29, 1.82) is 0 Å². The van der Waals surface area contributed by atoms with Gasteiger partial charge in [-0.25, -0.2) is 0 Å². The van der Waals surface area contributed by atoms with Gasteiger partial charge in [0.1, 0.15) is 5.75 Å². The molecule has 98 valence electrons. The standard InChI is InChI=1S/C14H11Cl2NO2/c1-8-9(4-2-7-12(8)18)14(19)17-13-10(15)5-3-6-11(13)16/h2-7,18H,1H3,(H,17,19). The van der Waals surface area contributed by atoms with E-state index in [1.807, 2.05) is 0 Å². The molecule has 0 fully saturated rings. The van der Waals surface area contributed by atoms with Gasteiger partial charge >= 0.3 is 0 Å². The number of phenolic OH excluding ortho intramolecular Hbond substituents is 1. The molecule has 1 amide bonds. The van der Waals surface area contributed by atoms with E-state index in [-0.39, 0.29) is 11.7 Å². The SMILES string of the molecule is Cc1c(O)cccc1C(=O)Nc1c(Cl)cccc1Cl. The molecule has 0 aliphatic heterocycles. The number of benzene rings is 2. The molecule has 0 saturated carbocycles. The number of nitrogens with one attached hydrogen (secondary N) is 1. The predicted molar refractivity (Wildman–Crippen MR) is 77.3 cm³/mol. The van der Waals surface area contributed by atoms with Crippen LogP contribution in [0.3, 0.4) is 0 Å². The topological polar surface area (TPSA) is 49.3 Å². The number of carbonyl (C=O) groups excluding carboxylic acids is 1. The highest BCUT2D eigenvalue weighted by atomic mass is 35.5. The van der Waals surface area contributed by atoms with Crippen LogP contribution in [0.4, 0.5) is 5.69 Å². The molecular weight excluding hydrogens is 285 g/mol. The Hall–Kier alpha value is -1.71. The van der Waals surface area contributed by atoms with E-state index in [4.69, 9.17) is 23.2 Å². The van der Waals surface area contributed by atoms with E-state index in [0.29, 0.717) is 26.9 Å². The predicted octanol–water partition coefficient (Wildman–Crippen LogP) is 4.26. The fourth-order valence-corrected chi connectivity index (χ4v) is 2.16. The molecule has 2 N–H and O–H groups in total. The highest BCUT2D eigenvalue weighted by Gasteiger charge is 2.14. The molecule has 2 aromatic carbocycles. The number of hydrogen-bond acceptors (Lipinski definition) is 2. The van der Waals surface area contributed by atoms with Gasteiger partial charge in [0, 0.05) is 11.1 Å². The maximum atomic E-state index is 12.2. The Kier molecular flexibility index (Phi) is 3.98. The van der Waals surface area contributed by atoms with Gasteiger partial charge in [0.2, 0.25) is 0 Å². The molecule has 0 atom stereocenters. The number of anilines is 1. The van der Waals surface area contributed by atoms with Crippen molar-refractivity contribution in [2.75, 3.05) is 5.32 Å². The smallest absolute Gasteiger partial charge is 0.256 e. The second-order valence-corrected chi connectivity index (χ2v) is 4.81. The summed E-state index contributed by atoms with van der Waals surface area (Å²) in [6.45, 7) is 1.67. The summed E-state index contributed by atoms with van der Waals surface area (Å²) in [4.78, 5) is 12.2. The summed E-state index contributed by atoms with van der Waals surface area (Å²) in [6, 6.07) is 9.71. The normalized spacial score (nSPS) is 10.3. The van der Waals surface area contributed by atoms with E-state index in [0.717, 1.165) is 0 Å². The number of hydrogen-bond donors (Lipinski definition) is 2. The first kappa shape index (κ1) is 13.7. The van der Waals surface area contributed by atoms with Crippen LogP contribution in [0.15, 0.2) is 36.4 Å². The fourth-order valence-electron chi connectivity index (χ4n) is 1.67. The first-order valence-electron chi connectivity index (χ1n) is 5.54. The molecule has 0 radical (unpaired) electrons. The van der Waals surface area contributed by atoms with Gasteiger partial charge in [-0.15, -0.1) is 0 Å². The summed E-state index contributed by atoms with van der Waals surface area (Å²) in [6.07, 6.45) is 0. The zero-order valence-corrected chi connectivity index (χ0v) is 11.6. The lowest BCUT2D eigenvalue weighted by Gasteiger charge is -2.11. The van der Waals surface area contributed by atoms with Gasteiger partial charge in [-0.05, 0) is 31.2 Å². The Labute approximate surface area is 120 Å². The van der Waals surface area contributed by atoms with Crippen LogP contribution in [0.5, 0.6) is 5.75 Å². The molecule has 0 spiro atoms. The van der Waals surface area contributed by atoms with E-state index < -0.39 is 0 Å². The van der Waals surface area contributed by atoms with Crippen LogP contribution in [-0.4, -0.2) is 11.0 Å². The van der Waals surface area contributed by atoms with Crippen LogP contribution < -0.4 is 5.32 Å². The number of carbonyl (C=O) groups is 1. The third-order valence-corrected chi connectivity index (χ3v) is 3.38. The number of aromatic hydroxyl groups is 1. The van der Waals surface area contributed by atoms with Crippen molar-refractivity contribution in [3.05, 3.63) is 57.6 Å². The van der Waals surface area contributed by atoms with Gasteiger partial charge in [0.15, 0.2) is 0 Å². The lowest BCUT2D eigenvalue weighted by Crippen LogP contribution is -2.14. The molecule has 19 heavy (non-hydrogen) atoms. The molecule has 0 aromatic heterocycles. The number of halogens is 2. The highest BCUT2D eigenvalue weighted by Crippen LogP contribution is 2.30. The lowest BCUT2D eigenvalue weighted by atomic mass is 10.1. The monoisotopic (exact) mass is 295 g/mol. The zero-order valence-electron chi connectivity index (χ0n) is 10.1. The van der Waals surface area contributed by atoms with E-state index >= 15 is 0 Å². The van der Waals surface area contributed by atoms with Gasteiger partial charge in [-0.1, -0.05) is 35.3 Å². The maximum absolute atomic E-state index is 12.2. The molecule has 0 unspecified atom stereocenters. The summed E-state index contributed by atoms with van der Waals surface area (Å²) in [5.41, 5.74) is 1.23. The maximum Gasteiger partial charge on any atom is 0.256 e. The minimum absolute atomic E-state index is 0.0675.